The molecule has 21 heavy (non-hydrogen) atoms. The van der Waals surface area contributed by atoms with Gasteiger partial charge in [-0.15, -0.1) is 0 Å². The summed E-state index contributed by atoms with van der Waals surface area (Å²) in [6, 6.07) is 1.78. The number of carbonyl (C=O) groups is 1. The number of ether oxygens (including phenoxy) is 1. The Morgan fingerprint density at radius 3 is 2.76 bits per heavy atom. The minimum atomic E-state index is -4.57. The van der Waals surface area contributed by atoms with Crippen molar-refractivity contribution in [1.82, 2.24) is 4.98 Å². The molecule has 2 rings (SSSR count). The summed E-state index contributed by atoms with van der Waals surface area (Å²) in [7, 11) is 0. The Balaban J connectivity index is 2.20. The first-order valence-electron chi connectivity index (χ1n) is 6.52. The van der Waals surface area contributed by atoms with Crippen molar-refractivity contribution in [2.45, 2.75) is 25.6 Å². The summed E-state index contributed by atoms with van der Waals surface area (Å²) in [4.78, 5) is 14.8. The van der Waals surface area contributed by atoms with Gasteiger partial charge in [0.25, 0.3) is 5.91 Å². The summed E-state index contributed by atoms with van der Waals surface area (Å²) in [5.41, 5.74) is 4.04. The lowest BCUT2D eigenvalue weighted by Gasteiger charge is -2.17. The maximum Gasteiger partial charge on any atom is 0.433 e. The summed E-state index contributed by atoms with van der Waals surface area (Å²) < 4.78 is 43.4. The predicted octanol–water partition coefficient (Wildman–Crippen LogP) is 2.04. The number of pyridine rings is 1. The molecule has 2 atom stereocenters. The van der Waals surface area contributed by atoms with Crippen LogP contribution in [-0.4, -0.2) is 30.1 Å². The molecule has 2 unspecified atom stereocenters. The fraction of sp³-hybridized carbons (Fsp3) is 0.538. The van der Waals surface area contributed by atoms with Gasteiger partial charge in [-0.1, -0.05) is 0 Å². The number of nitrogens with two attached hydrogens (primary N) is 1. The van der Waals surface area contributed by atoms with Gasteiger partial charge in [0.05, 0.1) is 11.7 Å². The Morgan fingerprint density at radius 1 is 1.52 bits per heavy atom. The Bertz CT molecular complexity index is 534. The molecule has 1 aromatic rings. The molecule has 0 aliphatic carbocycles. The van der Waals surface area contributed by atoms with Crippen LogP contribution in [0, 0.1) is 5.92 Å². The van der Waals surface area contributed by atoms with Crippen molar-refractivity contribution in [3.05, 3.63) is 23.4 Å². The van der Waals surface area contributed by atoms with Crippen molar-refractivity contribution in [1.29, 1.82) is 0 Å². The number of nitrogens with one attached hydrogen (secondary N) is 1. The van der Waals surface area contributed by atoms with Gasteiger partial charge in [0.15, 0.2) is 0 Å². The standard InChI is InChI=1S/C13H16F3N3O2/c1-7-8(4-5-21-7)6-18-12-9(11(17)20)2-3-10(19-12)13(14,15)16/h2-3,7-8H,4-6H2,1H3,(H2,17,20)(H,18,19). The molecule has 0 bridgehead atoms. The van der Waals surface area contributed by atoms with Crippen LogP contribution in [0.2, 0.25) is 0 Å². The van der Waals surface area contributed by atoms with E-state index in [2.05, 4.69) is 10.3 Å². The Kier molecular flexibility index (Phi) is 4.36. The molecule has 1 saturated heterocycles. The first-order valence-corrected chi connectivity index (χ1v) is 6.52. The first-order chi connectivity index (χ1) is 9.79. The minimum absolute atomic E-state index is 0.0142. The number of rotatable bonds is 4. The Hall–Kier alpha value is -1.83. The largest absolute Gasteiger partial charge is 0.433 e. The molecule has 0 spiro atoms. The van der Waals surface area contributed by atoms with E-state index >= 15 is 0 Å². The van der Waals surface area contributed by atoms with Crippen molar-refractivity contribution in [3.8, 4) is 0 Å². The van der Waals surface area contributed by atoms with E-state index in [1.54, 1.807) is 0 Å². The maximum atomic E-state index is 12.7. The SMILES string of the molecule is CC1OCCC1CNc1nc(C(F)(F)F)ccc1C(N)=O. The lowest BCUT2D eigenvalue weighted by atomic mass is 10.0. The number of carbonyl (C=O) groups excluding carboxylic acids is 1. The van der Waals surface area contributed by atoms with Crippen molar-refractivity contribution < 1.29 is 22.7 Å². The van der Waals surface area contributed by atoms with Crippen LogP contribution in [0.4, 0.5) is 19.0 Å². The quantitative estimate of drug-likeness (QED) is 0.892. The summed E-state index contributed by atoms with van der Waals surface area (Å²) >= 11 is 0. The fourth-order valence-electron chi connectivity index (χ4n) is 2.22. The maximum absolute atomic E-state index is 12.7. The number of hydrogen-bond donors (Lipinski definition) is 2. The molecule has 8 heteroatoms. The molecule has 1 aliphatic heterocycles. The van der Waals surface area contributed by atoms with E-state index in [1.165, 1.54) is 0 Å². The number of halogens is 3. The van der Waals surface area contributed by atoms with E-state index in [4.69, 9.17) is 10.5 Å². The molecule has 0 radical (unpaired) electrons. The monoisotopic (exact) mass is 303 g/mol. The van der Waals surface area contributed by atoms with Crippen LogP contribution in [0.15, 0.2) is 12.1 Å². The van der Waals surface area contributed by atoms with Crippen molar-refractivity contribution in [2.75, 3.05) is 18.5 Å². The molecule has 2 heterocycles. The Morgan fingerprint density at radius 2 is 2.24 bits per heavy atom. The van der Waals surface area contributed by atoms with Crippen molar-refractivity contribution >= 4 is 11.7 Å². The second kappa shape index (κ2) is 5.88. The van der Waals surface area contributed by atoms with Gasteiger partial charge in [-0.25, -0.2) is 4.98 Å². The highest BCUT2D eigenvalue weighted by atomic mass is 19.4. The summed E-state index contributed by atoms with van der Waals surface area (Å²) in [6.45, 7) is 2.88. The lowest BCUT2D eigenvalue weighted by Crippen LogP contribution is -2.24. The number of amides is 1. The highest BCUT2D eigenvalue weighted by Crippen LogP contribution is 2.30. The van der Waals surface area contributed by atoms with Gasteiger partial charge >= 0.3 is 6.18 Å². The number of primary amides is 1. The third-order valence-electron chi connectivity index (χ3n) is 3.52. The highest BCUT2D eigenvalue weighted by Gasteiger charge is 2.33. The van der Waals surface area contributed by atoms with Crippen molar-refractivity contribution in [3.63, 3.8) is 0 Å². The van der Waals surface area contributed by atoms with E-state index in [-0.39, 0.29) is 23.4 Å². The molecular weight excluding hydrogens is 287 g/mol. The molecule has 1 aliphatic rings. The number of anilines is 1. The minimum Gasteiger partial charge on any atom is -0.378 e. The van der Waals surface area contributed by atoms with Gasteiger partial charge < -0.3 is 15.8 Å². The number of hydrogen-bond acceptors (Lipinski definition) is 4. The van der Waals surface area contributed by atoms with E-state index < -0.39 is 17.8 Å². The summed E-state index contributed by atoms with van der Waals surface area (Å²) in [5, 5.41) is 2.79. The van der Waals surface area contributed by atoms with Crippen LogP contribution in [0.1, 0.15) is 29.4 Å². The molecule has 1 amide bonds. The Labute approximate surface area is 119 Å². The van der Waals surface area contributed by atoms with Gasteiger partial charge in [-0.05, 0) is 25.5 Å². The predicted molar refractivity (Wildman–Crippen MR) is 69.8 cm³/mol. The molecule has 0 saturated carbocycles. The van der Waals surface area contributed by atoms with Crippen LogP contribution >= 0.6 is 0 Å². The van der Waals surface area contributed by atoms with Crippen LogP contribution in [0.5, 0.6) is 0 Å². The third kappa shape index (κ3) is 3.63. The van der Waals surface area contributed by atoms with Crippen LogP contribution in [0.25, 0.3) is 0 Å². The molecular formula is C13H16F3N3O2. The smallest absolute Gasteiger partial charge is 0.378 e. The highest BCUT2D eigenvalue weighted by molar-refractivity contribution is 5.97. The lowest BCUT2D eigenvalue weighted by molar-refractivity contribution is -0.141. The van der Waals surface area contributed by atoms with Gasteiger partial charge in [0.1, 0.15) is 11.5 Å². The van der Waals surface area contributed by atoms with Crippen LogP contribution < -0.4 is 11.1 Å². The average molecular weight is 303 g/mol. The second-order valence-electron chi connectivity index (χ2n) is 4.96. The number of alkyl halides is 3. The zero-order valence-electron chi connectivity index (χ0n) is 11.4. The molecule has 1 fully saturated rings. The number of nitrogens with zero attached hydrogens (tertiary/aromatic N) is 1. The zero-order chi connectivity index (χ0) is 15.6. The topological polar surface area (TPSA) is 77.2 Å². The molecule has 116 valence electrons. The van der Waals surface area contributed by atoms with Gasteiger partial charge in [-0.3, -0.25) is 4.79 Å². The van der Waals surface area contributed by atoms with E-state index in [0.29, 0.717) is 13.2 Å². The molecule has 0 aromatic carbocycles. The van der Waals surface area contributed by atoms with E-state index in [9.17, 15) is 18.0 Å². The zero-order valence-corrected chi connectivity index (χ0v) is 11.4. The second-order valence-corrected chi connectivity index (χ2v) is 4.96. The van der Waals surface area contributed by atoms with Gasteiger partial charge in [0, 0.05) is 19.1 Å². The van der Waals surface area contributed by atoms with E-state index in [0.717, 1.165) is 18.6 Å². The van der Waals surface area contributed by atoms with E-state index in [1.807, 2.05) is 6.92 Å². The first kappa shape index (κ1) is 15.6. The fourth-order valence-corrected chi connectivity index (χ4v) is 2.22. The molecule has 5 nitrogen and oxygen atoms in total. The van der Waals surface area contributed by atoms with Crippen LogP contribution in [-0.2, 0) is 10.9 Å². The van der Waals surface area contributed by atoms with Gasteiger partial charge in [-0.2, -0.15) is 13.2 Å². The molecule has 3 N–H and O–H groups in total. The van der Waals surface area contributed by atoms with Crippen LogP contribution in [0.3, 0.4) is 0 Å². The van der Waals surface area contributed by atoms with Gasteiger partial charge in [0.2, 0.25) is 0 Å². The third-order valence-corrected chi connectivity index (χ3v) is 3.52. The summed E-state index contributed by atoms with van der Waals surface area (Å²) in [5.74, 6) is -0.812. The van der Waals surface area contributed by atoms with Crippen molar-refractivity contribution in [2.24, 2.45) is 11.7 Å². The average Bonchev–Trinajstić information content (AvgIpc) is 2.80. The summed E-state index contributed by atoms with van der Waals surface area (Å²) in [6.07, 6.45) is -3.75. The normalized spacial score (nSPS) is 22.3. The number of aromatic nitrogens is 1. The molecule has 1 aromatic heterocycles.